The molecule has 5 nitrogen and oxygen atoms in total. The van der Waals surface area contributed by atoms with Crippen LogP contribution in [-0.2, 0) is 16.0 Å². The minimum Gasteiger partial charge on any atom is -0.465 e. The van der Waals surface area contributed by atoms with Gasteiger partial charge in [0.2, 0.25) is 0 Å². The van der Waals surface area contributed by atoms with Gasteiger partial charge in [0.1, 0.15) is 0 Å². The second-order valence-corrected chi connectivity index (χ2v) is 5.19. The molecule has 0 spiro atoms. The van der Waals surface area contributed by atoms with Gasteiger partial charge in [0, 0.05) is 30.3 Å². The Morgan fingerprint density at radius 3 is 2.50 bits per heavy atom. The summed E-state index contributed by atoms with van der Waals surface area (Å²) in [5.41, 5.74) is 0.986. The van der Waals surface area contributed by atoms with Crippen LogP contribution in [0.1, 0.15) is 31.2 Å². The van der Waals surface area contributed by atoms with Crippen LogP contribution in [-0.4, -0.2) is 22.8 Å². The number of hydrogen-bond acceptors (Lipinski definition) is 4. The molecule has 1 rings (SSSR count). The number of benzene rings is 1. The van der Waals surface area contributed by atoms with E-state index in [1.54, 1.807) is 12.1 Å². The predicted octanol–water partition coefficient (Wildman–Crippen LogP) is 3.64. The summed E-state index contributed by atoms with van der Waals surface area (Å²) < 4.78 is 5.12. The fourth-order valence-corrected chi connectivity index (χ4v) is 2.08. The van der Waals surface area contributed by atoms with Crippen LogP contribution in [0.25, 0.3) is 0 Å². The number of rotatable bonds is 9. The summed E-state index contributed by atoms with van der Waals surface area (Å²) in [5.74, 6) is -0.179. The lowest BCUT2D eigenvalue weighted by molar-refractivity contribution is -0.384. The van der Waals surface area contributed by atoms with E-state index in [1.165, 1.54) is 12.1 Å². The summed E-state index contributed by atoms with van der Waals surface area (Å²) in [7, 11) is 0. The number of ether oxygens (including phenoxy) is 1. The van der Waals surface area contributed by atoms with Crippen molar-refractivity contribution in [3.63, 3.8) is 0 Å². The van der Waals surface area contributed by atoms with E-state index in [9.17, 15) is 14.9 Å². The van der Waals surface area contributed by atoms with E-state index in [0.717, 1.165) is 30.2 Å². The van der Waals surface area contributed by atoms with Crippen LogP contribution in [0.5, 0.6) is 0 Å². The van der Waals surface area contributed by atoms with Gasteiger partial charge < -0.3 is 4.74 Å². The first-order chi connectivity index (χ1) is 9.63. The highest BCUT2D eigenvalue weighted by molar-refractivity contribution is 9.09. The van der Waals surface area contributed by atoms with Crippen molar-refractivity contribution in [1.29, 1.82) is 0 Å². The highest BCUT2D eigenvalue weighted by Crippen LogP contribution is 2.12. The van der Waals surface area contributed by atoms with Crippen molar-refractivity contribution in [1.82, 2.24) is 0 Å². The number of unbranched alkanes of at least 4 members (excludes halogenated alkanes) is 2. The molecular formula is C14H18BrNO4. The first-order valence-corrected chi connectivity index (χ1v) is 7.70. The quantitative estimate of drug-likeness (QED) is 0.225. The van der Waals surface area contributed by atoms with Crippen LogP contribution in [0.15, 0.2) is 24.3 Å². The van der Waals surface area contributed by atoms with E-state index in [-0.39, 0.29) is 11.7 Å². The number of alkyl halides is 1. The summed E-state index contributed by atoms with van der Waals surface area (Å²) in [6.07, 6.45) is 3.96. The second-order valence-electron chi connectivity index (χ2n) is 4.39. The summed E-state index contributed by atoms with van der Waals surface area (Å²) in [6, 6.07) is 6.28. The van der Waals surface area contributed by atoms with Gasteiger partial charge in [0.05, 0.1) is 11.5 Å². The van der Waals surface area contributed by atoms with Crippen LogP contribution in [0.4, 0.5) is 5.69 Å². The van der Waals surface area contributed by atoms with E-state index >= 15 is 0 Å². The van der Waals surface area contributed by atoms with Gasteiger partial charge >= 0.3 is 5.97 Å². The Bertz CT molecular complexity index is 433. The van der Waals surface area contributed by atoms with Crippen LogP contribution in [0.2, 0.25) is 0 Å². The van der Waals surface area contributed by atoms with Gasteiger partial charge in [-0.15, -0.1) is 0 Å². The number of nitro benzene ring substituents is 1. The molecule has 0 fully saturated rings. The molecule has 0 amide bonds. The molecule has 20 heavy (non-hydrogen) atoms. The molecule has 0 N–H and O–H groups in total. The van der Waals surface area contributed by atoms with Crippen molar-refractivity contribution in [2.24, 2.45) is 0 Å². The van der Waals surface area contributed by atoms with Crippen molar-refractivity contribution < 1.29 is 14.5 Å². The number of nitro groups is 1. The third kappa shape index (κ3) is 6.65. The Kier molecular flexibility index (Phi) is 7.87. The summed E-state index contributed by atoms with van der Waals surface area (Å²) >= 11 is 3.34. The standard InChI is InChI=1S/C14H18BrNO4/c15-10-3-1-2-4-14(17)20-11-9-12-5-7-13(8-6-12)16(18)19/h5-8H,1-4,9-11H2. The fourth-order valence-electron chi connectivity index (χ4n) is 1.68. The van der Waals surface area contributed by atoms with Crippen LogP contribution in [0, 0.1) is 10.1 Å². The zero-order valence-corrected chi connectivity index (χ0v) is 12.8. The summed E-state index contributed by atoms with van der Waals surface area (Å²) in [4.78, 5) is 21.5. The van der Waals surface area contributed by atoms with Gasteiger partial charge in [-0.3, -0.25) is 14.9 Å². The summed E-state index contributed by atoms with van der Waals surface area (Å²) in [6.45, 7) is 0.315. The van der Waals surface area contributed by atoms with Gasteiger partial charge in [0.25, 0.3) is 5.69 Å². The number of halogens is 1. The van der Waals surface area contributed by atoms with Crippen molar-refractivity contribution in [3.05, 3.63) is 39.9 Å². The number of carbonyl (C=O) groups is 1. The van der Waals surface area contributed by atoms with Crippen molar-refractivity contribution >= 4 is 27.6 Å². The maximum atomic E-state index is 11.4. The summed E-state index contributed by atoms with van der Waals surface area (Å²) in [5, 5.41) is 11.5. The van der Waals surface area contributed by atoms with Gasteiger partial charge in [-0.2, -0.15) is 0 Å². The smallest absolute Gasteiger partial charge is 0.305 e. The van der Waals surface area contributed by atoms with Gasteiger partial charge in [-0.1, -0.05) is 34.5 Å². The van der Waals surface area contributed by atoms with Gasteiger partial charge in [-0.25, -0.2) is 0 Å². The minimum absolute atomic E-state index is 0.0672. The van der Waals surface area contributed by atoms with E-state index in [2.05, 4.69) is 15.9 Å². The monoisotopic (exact) mass is 343 g/mol. The number of esters is 1. The van der Waals surface area contributed by atoms with Crippen molar-refractivity contribution in [2.45, 2.75) is 32.1 Å². The number of carbonyl (C=O) groups excluding carboxylic acids is 1. The topological polar surface area (TPSA) is 69.4 Å². The maximum Gasteiger partial charge on any atom is 0.305 e. The Labute approximate surface area is 126 Å². The van der Waals surface area contributed by atoms with Crippen LogP contribution >= 0.6 is 15.9 Å². The lowest BCUT2D eigenvalue weighted by atomic mass is 10.1. The first kappa shape index (κ1) is 16.6. The third-order valence-corrected chi connectivity index (χ3v) is 3.38. The number of non-ortho nitro benzene ring substituents is 1. The molecule has 0 aliphatic heterocycles. The van der Waals surface area contributed by atoms with Crippen molar-refractivity contribution in [2.75, 3.05) is 11.9 Å². The van der Waals surface area contributed by atoms with E-state index in [4.69, 9.17) is 4.74 Å². The normalized spacial score (nSPS) is 10.2. The van der Waals surface area contributed by atoms with Crippen molar-refractivity contribution in [3.8, 4) is 0 Å². The van der Waals surface area contributed by atoms with E-state index < -0.39 is 4.92 Å². The Morgan fingerprint density at radius 2 is 1.90 bits per heavy atom. The molecule has 0 saturated carbocycles. The number of hydrogen-bond donors (Lipinski definition) is 0. The lowest BCUT2D eigenvalue weighted by Crippen LogP contribution is -2.07. The SMILES string of the molecule is O=C(CCCCCBr)OCCc1ccc([N+](=O)[O-])cc1. The Hall–Kier alpha value is -1.43. The molecule has 0 aliphatic carbocycles. The van der Waals surface area contributed by atoms with E-state index in [1.807, 2.05) is 0 Å². The first-order valence-electron chi connectivity index (χ1n) is 6.58. The highest BCUT2D eigenvalue weighted by atomic mass is 79.9. The zero-order valence-electron chi connectivity index (χ0n) is 11.2. The Balaban J connectivity index is 2.20. The molecule has 110 valence electrons. The predicted molar refractivity (Wildman–Crippen MR) is 80.0 cm³/mol. The molecule has 0 aliphatic rings. The molecule has 0 heterocycles. The van der Waals surface area contributed by atoms with Crippen LogP contribution < -0.4 is 0 Å². The minimum atomic E-state index is -0.434. The van der Waals surface area contributed by atoms with Gasteiger partial charge in [0.15, 0.2) is 0 Å². The van der Waals surface area contributed by atoms with Gasteiger partial charge in [-0.05, 0) is 18.4 Å². The molecule has 0 saturated heterocycles. The lowest BCUT2D eigenvalue weighted by Gasteiger charge is -2.05. The largest absolute Gasteiger partial charge is 0.465 e. The highest BCUT2D eigenvalue weighted by Gasteiger charge is 2.05. The molecule has 1 aromatic rings. The molecule has 0 unspecified atom stereocenters. The molecular weight excluding hydrogens is 326 g/mol. The average Bonchev–Trinajstić information content (AvgIpc) is 2.44. The average molecular weight is 344 g/mol. The number of nitrogens with zero attached hydrogens (tertiary/aromatic N) is 1. The second kappa shape index (κ2) is 9.47. The zero-order chi connectivity index (χ0) is 14.8. The van der Waals surface area contributed by atoms with E-state index in [0.29, 0.717) is 19.4 Å². The fraction of sp³-hybridized carbons (Fsp3) is 0.500. The molecule has 0 aromatic heterocycles. The maximum absolute atomic E-state index is 11.4. The van der Waals surface area contributed by atoms with Crippen LogP contribution in [0.3, 0.4) is 0 Å². The molecule has 0 radical (unpaired) electrons. The molecule has 6 heteroatoms. The Morgan fingerprint density at radius 1 is 1.20 bits per heavy atom. The molecule has 0 atom stereocenters. The molecule has 0 bridgehead atoms. The molecule has 1 aromatic carbocycles. The third-order valence-electron chi connectivity index (χ3n) is 2.82.